The number of hydrogen-bond donors (Lipinski definition) is 2. The van der Waals surface area contributed by atoms with E-state index < -0.39 is 0 Å². The molecule has 2 fully saturated rings. The molecule has 8 nitrogen and oxygen atoms in total. The van der Waals surface area contributed by atoms with E-state index >= 15 is 0 Å². The van der Waals surface area contributed by atoms with Crippen LogP contribution >= 0.6 is 0 Å². The first-order chi connectivity index (χ1) is 17.2. The molecule has 184 valence electrons. The van der Waals surface area contributed by atoms with Gasteiger partial charge in [0.25, 0.3) is 5.91 Å². The number of carbonyl (C=O) groups excluding carboxylic acids is 1. The van der Waals surface area contributed by atoms with Crippen molar-refractivity contribution in [3.05, 3.63) is 48.2 Å². The number of aliphatic hydroxyl groups excluding tert-OH is 1. The molecule has 1 aliphatic carbocycles. The number of nitrogens with zero attached hydrogens (tertiary/aromatic N) is 3. The summed E-state index contributed by atoms with van der Waals surface area (Å²) in [6, 6.07) is 11.8. The van der Waals surface area contributed by atoms with Crippen LogP contribution in [-0.2, 0) is 4.74 Å². The van der Waals surface area contributed by atoms with Crippen LogP contribution in [0, 0.1) is 5.92 Å². The fourth-order valence-corrected chi connectivity index (χ4v) is 5.60. The van der Waals surface area contributed by atoms with Crippen molar-refractivity contribution in [1.82, 2.24) is 9.78 Å². The summed E-state index contributed by atoms with van der Waals surface area (Å²) in [6.45, 7) is 2.88. The lowest BCUT2D eigenvalue weighted by Crippen LogP contribution is -2.26. The number of anilines is 2. The first kappa shape index (κ1) is 22.4. The van der Waals surface area contributed by atoms with Crippen LogP contribution < -0.4 is 15.0 Å². The first-order valence-corrected chi connectivity index (χ1v) is 12.7. The quantitative estimate of drug-likeness (QED) is 0.581. The standard InChI is InChI=1S/C27H32N4O4/c32-17-18-4-6-21(7-5-18)31-15-20-13-25-26(14-24(20)29-31)30-9-8-23(16-30)35-11-10-34-22-3-1-2-19(12-22)27(33)28-25/h1-3,12-15,18,21,23,32H,4-11,16-17H2,(H,28,33)/t18?,21?,23-/m1/s1. The Balaban J connectivity index is 1.36. The topological polar surface area (TPSA) is 88.9 Å². The lowest BCUT2D eigenvalue weighted by atomic mass is 9.87. The van der Waals surface area contributed by atoms with Crippen LogP contribution in [0.2, 0.25) is 0 Å². The fraction of sp³-hybridized carbons (Fsp3) is 0.481. The summed E-state index contributed by atoms with van der Waals surface area (Å²) in [5.41, 5.74) is 3.26. The lowest BCUT2D eigenvalue weighted by Gasteiger charge is -2.27. The molecule has 6 rings (SSSR count). The molecule has 2 aliphatic heterocycles. The number of rotatable bonds is 2. The number of benzene rings is 2. The molecule has 2 aromatic carbocycles. The molecule has 1 amide bonds. The van der Waals surface area contributed by atoms with Gasteiger partial charge in [0.1, 0.15) is 12.4 Å². The minimum absolute atomic E-state index is 0.131. The molecule has 0 spiro atoms. The van der Waals surface area contributed by atoms with Gasteiger partial charge in [-0.1, -0.05) is 6.07 Å². The van der Waals surface area contributed by atoms with Crippen LogP contribution in [-0.4, -0.2) is 59.8 Å². The van der Waals surface area contributed by atoms with Crippen LogP contribution in [0.5, 0.6) is 5.75 Å². The molecule has 1 atom stereocenters. The van der Waals surface area contributed by atoms with Crippen molar-refractivity contribution in [2.24, 2.45) is 5.92 Å². The van der Waals surface area contributed by atoms with Gasteiger partial charge in [-0.05, 0) is 68.4 Å². The van der Waals surface area contributed by atoms with Crippen LogP contribution in [0.15, 0.2) is 42.6 Å². The molecule has 1 aromatic heterocycles. The second-order valence-electron chi connectivity index (χ2n) is 9.95. The predicted molar refractivity (Wildman–Crippen MR) is 134 cm³/mol. The largest absolute Gasteiger partial charge is 0.491 e. The van der Waals surface area contributed by atoms with Crippen LogP contribution in [0.4, 0.5) is 11.4 Å². The van der Waals surface area contributed by atoms with Gasteiger partial charge in [-0.15, -0.1) is 0 Å². The number of ether oxygens (including phenoxy) is 2. The monoisotopic (exact) mass is 476 g/mol. The Labute approximate surface area is 204 Å². The smallest absolute Gasteiger partial charge is 0.255 e. The van der Waals surface area contributed by atoms with E-state index in [2.05, 4.69) is 27.2 Å². The lowest BCUT2D eigenvalue weighted by molar-refractivity contribution is 0.0465. The van der Waals surface area contributed by atoms with Crippen molar-refractivity contribution >= 4 is 28.2 Å². The zero-order valence-electron chi connectivity index (χ0n) is 19.9. The van der Waals surface area contributed by atoms with Crippen molar-refractivity contribution in [2.45, 2.75) is 44.2 Å². The van der Waals surface area contributed by atoms with Gasteiger partial charge in [0.2, 0.25) is 0 Å². The molecule has 3 aromatic rings. The minimum atomic E-state index is -0.158. The summed E-state index contributed by atoms with van der Waals surface area (Å²) in [4.78, 5) is 15.5. The van der Waals surface area contributed by atoms with Crippen molar-refractivity contribution < 1.29 is 19.4 Å². The number of nitrogens with one attached hydrogen (secondary N) is 1. The van der Waals surface area contributed by atoms with Gasteiger partial charge in [-0.25, -0.2) is 0 Å². The van der Waals surface area contributed by atoms with Crippen molar-refractivity contribution in [3.63, 3.8) is 0 Å². The Morgan fingerprint density at radius 2 is 1.97 bits per heavy atom. The third-order valence-corrected chi connectivity index (χ3v) is 7.62. The van der Waals surface area contributed by atoms with E-state index in [1.165, 1.54) is 0 Å². The maximum atomic E-state index is 13.2. The Morgan fingerprint density at radius 1 is 1.09 bits per heavy atom. The zero-order valence-corrected chi connectivity index (χ0v) is 19.9. The van der Waals surface area contributed by atoms with Gasteiger partial charge in [0, 0.05) is 36.8 Å². The number of amides is 1. The maximum Gasteiger partial charge on any atom is 0.255 e. The Hall–Kier alpha value is -3.10. The van der Waals surface area contributed by atoms with Crippen molar-refractivity contribution in [2.75, 3.05) is 43.1 Å². The van der Waals surface area contributed by atoms with E-state index in [0.717, 1.165) is 67.5 Å². The maximum absolute atomic E-state index is 13.2. The molecule has 2 N–H and O–H groups in total. The van der Waals surface area contributed by atoms with E-state index in [4.69, 9.17) is 14.6 Å². The molecule has 3 heterocycles. The average molecular weight is 477 g/mol. The van der Waals surface area contributed by atoms with Gasteiger partial charge in [-0.2, -0.15) is 5.10 Å². The molecular weight excluding hydrogens is 444 g/mol. The Morgan fingerprint density at radius 3 is 2.83 bits per heavy atom. The Kier molecular flexibility index (Phi) is 6.08. The van der Waals surface area contributed by atoms with Gasteiger partial charge >= 0.3 is 0 Å². The van der Waals surface area contributed by atoms with Gasteiger partial charge in [0.15, 0.2) is 0 Å². The van der Waals surface area contributed by atoms with E-state index in [1.807, 2.05) is 18.2 Å². The third-order valence-electron chi connectivity index (χ3n) is 7.62. The molecule has 4 bridgehead atoms. The van der Waals surface area contributed by atoms with E-state index in [1.54, 1.807) is 12.1 Å². The van der Waals surface area contributed by atoms with Crippen LogP contribution in [0.1, 0.15) is 48.5 Å². The first-order valence-electron chi connectivity index (χ1n) is 12.7. The number of aliphatic hydroxyl groups is 1. The van der Waals surface area contributed by atoms with Crippen LogP contribution in [0.25, 0.3) is 10.9 Å². The molecular formula is C27H32N4O4. The Bertz CT molecular complexity index is 1220. The molecule has 0 radical (unpaired) electrons. The van der Waals surface area contributed by atoms with Gasteiger partial charge in [0.05, 0.1) is 35.6 Å². The fourth-order valence-electron chi connectivity index (χ4n) is 5.60. The van der Waals surface area contributed by atoms with E-state index in [9.17, 15) is 9.90 Å². The highest BCUT2D eigenvalue weighted by molar-refractivity contribution is 6.07. The molecule has 3 aliphatic rings. The third kappa shape index (κ3) is 4.60. The highest BCUT2D eigenvalue weighted by atomic mass is 16.5. The summed E-state index contributed by atoms with van der Waals surface area (Å²) >= 11 is 0. The van der Waals surface area contributed by atoms with E-state index in [0.29, 0.717) is 36.5 Å². The van der Waals surface area contributed by atoms with E-state index in [-0.39, 0.29) is 18.6 Å². The predicted octanol–water partition coefficient (Wildman–Crippen LogP) is 4.00. The summed E-state index contributed by atoms with van der Waals surface area (Å²) in [5.74, 6) is 0.920. The molecule has 35 heavy (non-hydrogen) atoms. The normalized spacial score (nSPS) is 25.0. The summed E-state index contributed by atoms with van der Waals surface area (Å²) in [6.07, 6.45) is 7.28. The summed E-state index contributed by atoms with van der Waals surface area (Å²) in [7, 11) is 0. The van der Waals surface area contributed by atoms with Gasteiger partial charge in [-0.3, -0.25) is 9.48 Å². The molecule has 1 saturated heterocycles. The molecule has 8 heteroatoms. The van der Waals surface area contributed by atoms with Crippen LogP contribution in [0.3, 0.4) is 0 Å². The highest BCUT2D eigenvalue weighted by Gasteiger charge is 2.27. The summed E-state index contributed by atoms with van der Waals surface area (Å²) < 4.78 is 14.0. The second-order valence-corrected chi connectivity index (χ2v) is 9.95. The van der Waals surface area contributed by atoms with Crippen molar-refractivity contribution in [1.29, 1.82) is 0 Å². The SMILES string of the molecule is O=C1Nc2cc3cn(C4CCC(CO)CC4)nc3cc2N2CC[C@H](C2)OCCOc2cccc1c2. The number of aromatic nitrogens is 2. The number of hydrogen-bond acceptors (Lipinski definition) is 6. The molecule has 0 unspecified atom stereocenters. The second kappa shape index (κ2) is 9.51. The number of carbonyl (C=O) groups is 1. The minimum Gasteiger partial charge on any atom is -0.491 e. The van der Waals surface area contributed by atoms with Gasteiger partial charge < -0.3 is 24.8 Å². The average Bonchev–Trinajstić information content (AvgIpc) is 3.53. The van der Waals surface area contributed by atoms with Crippen molar-refractivity contribution in [3.8, 4) is 5.75 Å². The zero-order chi connectivity index (χ0) is 23.8. The summed E-state index contributed by atoms with van der Waals surface area (Å²) in [5, 5.41) is 18.6. The molecule has 1 saturated carbocycles. The highest BCUT2D eigenvalue weighted by Crippen LogP contribution is 2.37. The number of fused-ring (bicyclic) bond motifs is 7.